The van der Waals surface area contributed by atoms with Crippen LogP contribution in [0.5, 0.6) is 0 Å². The van der Waals surface area contributed by atoms with Crippen LogP contribution in [0.2, 0.25) is 0 Å². The molecule has 0 fully saturated rings. The number of hydrogen-bond acceptors (Lipinski definition) is 3. The normalized spacial score (nSPS) is 10.4. The van der Waals surface area contributed by atoms with Crippen LogP contribution in [0.1, 0.15) is 45.7 Å². The summed E-state index contributed by atoms with van der Waals surface area (Å²) in [6.45, 7) is 6.47. The Labute approximate surface area is 171 Å². The highest BCUT2D eigenvalue weighted by Gasteiger charge is 2.18. The smallest absolute Gasteiger partial charge is 0.259 e. The summed E-state index contributed by atoms with van der Waals surface area (Å²) in [5.41, 5.74) is 4.45. The van der Waals surface area contributed by atoms with Crippen LogP contribution >= 0.6 is 0 Å². The molecule has 1 heterocycles. The Bertz CT molecular complexity index is 1030. The van der Waals surface area contributed by atoms with Crippen molar-refractivity contribution in [1.29, 1.82) is 0 Å². The fourth-order valence-corrected chi connectivity index (χ4v) is 3.22. The van der Waals surface area contributed by atoms with Gasteiger partial charge in [-0.3, -0.25) is 14.6 Å². The molecule has 0 unspecified atom stereocenters. The zero-order chi connectivity index (χ0) is 20.8. The van der Waals surface area contributed by atoms with Crippen LogP contribution in [0.4, 0.5) is 11.4 Å². The molecule has 1 aromatic heterocycles. The van der Waals surface area contributed by atoms with Gasteiger partial charge in [-0.25, -0.2) is 0 Å². The van der Waals surface area contributed by atoms with E-state index >= 15 is 0 Å². The highest BCUT2D eigenvalue weighted by Crippen LogP contribution is 2.20. The molecular formula is C24H25N3O2. The second-order valence-electron chi connectivity index (χ2n) is 6.82. The minimum absolute atomic E-state index is 0.186. The van der Waals surface area contributed by atoms with Crippen molar-refractivity contribution in [3.8, 4) is 0 Å². The molecule has 0 aliphatic carbocycles. The second kappa shape index (κ2) is 9.15. The molecule has 0 aliphatic rings. The summed E-state index contributed by atoms with van der Waals surface area (Å²) >= 11 is 0. The van der Waals surface area contributed by atoms with E-state index in [0.29, 0.717) is 17.7 Å². The van der Waals surface area contributed by atoms with Gasteiger partial charge in [-0.15, -0.1) is 0 Å². The number of carbonyl (C=O) groups is 2. The molecule has 2 aromatic carbocycles. The van der Waals surface area contributed by atoms with Crippen LogP contribution < -0.4 is 10.2 Å². The molecule has 148 valence electrons. The minimum Gasteiger partial charge on any atom is -0.322 e. The number of anilines is 2. The molecule has 1 N–H and O–H groups in total. The van der Waals surface area contributed by atoms with Gasteiger partial charge in [0, 0.05) is 30.3 Å². The van der Waals surface area contributed by atoms with Gasteiger partial charge in [-0.1, -0.05) is 37.3 Å². The number of para-hydroxylation sites is 1. The van der Waals surface area contributed by atoms with Gasteiger partial charge >= 0.3 is 0 Å². The first-order chi connectivity index (χ1) is 14.0. The van der Waals surface area contributed by atoms with Gasteiger partial charge < -0.3 is 10.2 Å². The first-order valence-electron chi connectivity index (χ1n) is 9.76. The summed E-state index contributed by atoms with van der Waals surface area (Å²) in [5, 5.41) is 2.92. The molecule has 0 saturated heterocycles. The first kappa shape index (κ1) is 20.3. The Hall–Kier alpha value is -3.47. The molecule has 0 radical (unpaired) electrons. The van der Waals surface area contributed by atoms with Crippen LogP contribution in [-0.2, 0) is 6.42 Å². The average molecular weight is 387 g/mol. The van der Waals surface area contributed by atoms with Crippen molar-refractivity contribution in [2.75, 3.05) is 16.8 Å². The summed E-state index contributed by atoms with van der Waals surface area (Å²) in [6.07, 6.45) is 3.79. The van der Waals surface area contributed by atoms with E-state index in [9.17, 15) is 9.59 Å². The van der Waals surface area contributed by atoms with E-state index in [-0.39, 0.29) is 11.8 Å². The maximum Gasteiger partial charge on any atom is 0.259 e. The zero-order valence-corrected chi connectivity index (χ0v) is 17.0. The van der Waals surface area contributed by atoms with Gasteiger partial charge in [0.15, 0.2) is 0 Å². The molecule has 3 aromatic rings. The Morgan fingerprint density at radius 3 is 2.45 bits per heavy atom. The van der Waals surface area contributed by atoms with Gasteiger partial charge in [0.05, 0.1) is 11.1 Å². The van der Waals surface area contributed by atoms with Gasteiger partial charge in [-0.2, -0.15) is 0 Å². The third-order valence-corrected chi connectivity index (χ3v) is 4.77. The van der Waals surface area contributed by atoms with Crippen LogP contribution in [-0.4, -0.2) is 23.3 Å². The number of rotatable bonds is 6. The number of amides is 2. The molecule has 0 aliphatic heterocycles. The van der Waals surface area contributed by atoms with E-state index < -0.39 is 0 Å². The lowest BCUT2D eigenvalue weighted by atomic mass is 10.1. The number of hydrogen-bond donors (Lipinski definition) is 1. The fraction of sp³-hybridized carbons (Fsp3) is 0.208. The van der Waals surface area contributed by atoms with E-state index in [1.54, 1.807) is 11.0 Å². The van der Waals surface area contributed by atoms with Crippen LogP contribution in [0.15, 0.2) is 67.0 Å². The van der Waals surface area contributed by atoms with E-state index in [4.69, 9.17) is 0 Å². The third-order valence-electron chi connectivity index (χ3n) is 4.77. The topological polar surface area (TPSA) is 62.3 Å². The van der Waals surface area contributed by atoms with Crippen molar-refractivity contribution in [3.63, 3.8) is 0 Å². The highest BCUT2D eigenvalue weighted by atomic mass is 16.2. The lowest BCUT2D eigenvalue weighted by molar-refractivity contribution is 0.0988. The number of pyridine rings is 1. The largest absolute Gasteiger partial charge is 0.322 e. The maximum atomic E-state index is 13.1. The van der Waals surface area contributed by atoms with Gasteiger partial charge in [0.2, 0.25) is 0 Å². The number of aromatic nitrogens is 1. The van der Waals surface area contributed by atoms with E-state index in [1.807, 2.05) is 69.3 Å². The number of aryl methyl sites for hydroxylation is 2. The minimum atomic E-state index is -0.286. The van der Waals surface area contributed by atoms with E-state index in [2.05, 4.69) is 10.3 Å². The summed E-state index contributed by atoms with van der Waals surface area (Å²) in [7, 11) is 0. The highest BCUT2D eigenvalue weighted by molar-refractivity contribution is 6.09. The maximum absolute atomic E-state index is 13.1. The lowest BCUT2D eigenvalue weighted by Gasteiger charge is -2.21. The van der Waals surface area contributed by atoms with Crippen molar-refractivity contribution in [2.45, 2.75) is 27.2 Å². The SMILES string of the molecule is CCc1ccccc1NC(=O)c1cncc(C(=O)N(CC)c2cccc(C)c2)c1. The summed E-state index contributed by atoms with van der Waals surface area (Å²) < 4.78 is 0. The Morgan fingerprint density at radius 1 is 0.966 bits per heavy atom. The molecule has 0 spiro atoms. The van der Waals surface area contributed by atoms with Crippen molar-refractivity contribution in [2.24, 2.45) is 0 Å². The number of nitrogens with one attached hydrogen (secondary N) is 1. The molecule has 29 heavy (non-hydrogen) atoms. The monoisotopic (exact) mass is 387 g/mol. The van der Waals surface area contributed by atoms with E-state index in [1.165, 1.54) is 12.4 Å². The molecule has 0 saturated carbocycles. The third kappa shape index (κ3) is 4.69. The number of nitrogens with zero attached hydrogens (tertiary/aromatic N) is 2. The molecular weight excluding hydrogens is 362 g/mol. The molecule has 5 heteroatoms. The molecule has 3 rings (SSSR count). The summed E-state index contributed by atoms with van der Waals surface area (Å²) in [4.78, 5) is 31.6. The second-order valence-corrected chi connectivity index (χ2v) is 6.82. The van der Waals surface area contributed by atoms with Gasteiger partial charge in [0.1, 0.15) is 0 Å². The zero-order valence-electron chi connectivity index (χ0n) is 17.0. The predicted molar refractivity (Wildman–Crippen MR) is 117 cm³/mol. The average Bonchev–Trinajstić information content (AvgIpc) is 2.74. The Kier molecular flexibility index (Phi) is 6.39. The van der Waals surface area contributed by atoms with Crippen LogP contribution in [0, 0.1) is 6.92 Å². The van der Waals surface area contributed by atoms with Crippen molar-refractivity contribution in [3.05, 3.63) is 89.2 Å². The number of carbonyl (C=O) groups excluding carboxylic acids is 2. The fourth-order valence-electron chi connectivity index (χ4n) is 3.22. The van der Waals surface area contributed by atoms with Crippen molar-refractivity contribution >= 4 is 23.2 Å². The molecule has 0 bridgehead atoms. The van der Waals surface area contributed by atoms with Gasteiger partial charge in [-0.05, 0) is 55.7 Å². The lowest BCUT2D eigenvalue weighted by Crippen LogP contribution is -2.31. The quantitative estimate of drug-likeness (QED) is 0.656. The summed E-state index contributed by atoms with van der Waals surface area (Å²) in [5.74, 6) is -0.471. The summed E-state index contributed by atoms with van der Waals surface area (Å²) in [6, 6.07) is 17.1. The first-order valence-corrected chi connectivity index (χ1v) is 9.76. The number of benzene rings is 2. The van der Waals surface area contributed by atoms with Crippen LogP contribution in [0.25, 0.3) is 0 Å². The standard InChI is InChI=1S/C24H25N3O2/c1-4-18-10-6-7-12-22(18)26-23(28)19-14-20(16-25-15-19)24(29)27(5-2)21-11-8-9-17(3)13-21/h6-16H,4-5H2,1-3H3,(H,26,28). The van der Waals surface area contributed by atoms with E-state index in [0.717, 1.165) is 28.9 Å². The Morgan fingerprint density at radius 2 is 1.72 bits per heavy atom. The molecule has 5 nitrogen and oxygen atoms in total. The van der Waals surface area contributed by atoms with Gasteiger partial charge in [0.25, 0.3) is 11.8 Å². The predicted octanol–water partition coefficient (Wildman–Crippen LogP) is 4.87. The van der Waals surface area contributed by atoms with Crippen molar-refractivity contribution < 1.29 is 9.59 Å². The van der Waals surface area contributed by atoms with Crippen molar-refractivity contribution in [1.82, 2.24) is 4.98 Å². The Balaban J connectivity index is 1.84. The molecule has 2 amide bonds. The molecule has 0 atom stereocenters. The van der Waals surface area contributed by atoms with Crippen LogP contribution in [0.3, 0.4) is 0 Å².